The molecule has 0 atom stereocenters. The second kappa shape index (κ2) is 5.57. The molecule has 18 heavy (non-hydrogen) atoms. The van der Waals surface area contributed by atoms with E-state index in [0.29, 0.717) is 24.5 Å². The van der Waals surface area contributed by atoms with Crippen LogP contribution in [0.2, 0.25) is 10.0 Å². The highest BCUT2D eigenvalue weighted by Gasteiger charge is 2.16. The number of halogens is 3. The van der Waals surface area contributed by atoms with Crippen LogP contribution in [-0.2, 0) is 0 Å². The monoisotopic (exact) mass is 366 g/mol. The lowest BCUT2D eigenvalue weighted by Crippen LogP contribution is -1.91. The van der Waals surface area contributed by atoms with Gasteiger partial charge in [-0.05, 0) is 39.8 Å². The highest BCUT2D eigenvalue weighted by Crippen LogP contribution is 2.41. The number of carboxylic acid groups (broad SMARTS) is 1. The van der Waals surface area contributed by atoms with Gasteiger partial charge in [0.1, 0.15) is 0 Å². The third-order valence-corrected chi connectivity index (χ3v) is 4.82. The lowest BCUT2D eigenvalue weighted by atomic mass is 10.4. The Kier molecular flexibility index (Phi) is 4.27. The van der Waals surface area contributed by atoms with Crippen molar-refractivity contribution >= 4 is 56.9 Å². The molecule has 0 saturated heterocycles. The standard InChI is InChI=1S/C11H5BrCl2O3S/c12-5-4-7(10(15)16)17-11(5)18-8-3-1-2-6(13)9(8)14/h1-4H,(H,15,16). The predicted octanol–water partition coefficient (Wildman–Crippen LogP) is 5.20. The fourth-order valence-corrected chi connectivity index (χ4v) is 3.03. The van der Waals surface area contributed by atoms with E-state index in [4.69, 9.17) is 32.7 Å². The number of furan rings is 1. The van der Waals surface area contributed by atoms with Crippen LogP contribution in [0, 0.1) is 0 Å². The average molecular weight is 368 g/mol. The zero-order valence-corrected chi connectivity index (χ0v) is 12.5. The Hall–Kier alpha value is -0.620. The number of aromatic carboxylic acids is 1. The van der Waals surface area contributed by atoms with Crippen molar-refractivity contribution in [3.05, 3.63) is 44.5 Å². The SMILES string of the molecule is O=C(O)c1cc(Br)c(Sc2cccc(Cl)c2Cl)o1. The molecule has 1 aromatic heterocycles. The highest BCUT2D eigenvalue weighted by atomic mass is 79.9. The van der Waals surface area contributed by atoms with E-state index in [0.717, 1.165) is 0 Å². The molecule has 0 aliphatic rings. The summed E-state index contributed by atoms with van der Waals surface area (Å²) < 4.78 is 5.75. The molecular weight excluding hydrogens is 363 g/mol. The Balaban J connectivity index is 2.34. The van der Waals surface area contributed by atoms with Crippen molar-refractivity contribution < 1.29 is 14.3 Å². The minimum atomic E-state index is -1.13. The van der Waals surface area contributed by atoms with Crippen LogP contribution < -0.4 is 0 Å². The van der Waals surface area contributed by atoms with Crippen LogP contribution in [0.3, 0.4) is 0 Å². The van der Waals surface area contributed by atoms with Gasteiger partial charge in [0.05, 0.1) is 14.5 Å². The number of carbonyl (C=O) groups is 1. The van der Waals surface area contributed by atoms with Crippen molar-refractivity contribution in [1.82, 2.24) is 0 Å². The molecule has 1 N–H and O–H groups in total. The quantitative estimate of drug-likeness (QED) is 0.810. The Morgan fingerprint density at radius 2 is 2.11 bits per heavy atom. The highest BCUT2D eigenvalue weighted by molar-refractivity contribution is 9.10. The lowest BCUT2D eigenvalue weighted by molar-refractivity contribution is 0.0656. The van der Waals surface area contributed by atoms with E-state index < -0.39 is 5.97 Å². The Morgan fingerprint density at radius 3 is 2.72 bits per heavy atom. The maximum Gasteiger partial charge on any atom is 0.371 e. The predicted molar refractivity (Wildman–Crippen MR) is 74.0 cm³/mol. The molecule has 1 aromatic carbocycles. The van der Waals surface area contributed by atoms with Gasteiger partial charge >= 0.3 is 5.97 Å². The van der Waals surface area contributed by atoms with Crippen molar-refractivity contribution in [3.8, 4) is 0 Å². The number of hydrogen-bond acceptors (Lipinski definition) is 3. The lowest BCUT2D eigenvalue weighted by Gasteiger charge is -2.03. The first-order valence-electron chi connectivity index (χ1n) is 4.63. The van der Waals surface area contributed by atoms with Gasteiger partial charge in [-0.2, -0.15) is 0 Å². The summed E-state index contributed by atoms with van der Waals surface area (Å²) in [4.78, 5) is 11.5. The smallest absolute Gasteiger partial charge is 0.371 e. The van der Waals surface area contributed by atoms with Gasteiger partial charge in [-0.15, -0.1) is 0 Å². The summed E-state index contributed by atoms with van der Waals surface area (Å²) in [7, 11) is 0. The van der Waals surface area contributed by atoms with Crippen LogP contribution in [0.25, 0.3) is 0 Å². The van der Waals surface area contributed by atoms with E-state index >= 15 is 0 Å². The average Bonchev–Trinajstić information content (AvgIpc) is 2.67. The topological polar surface area (TPSA) is 50.4 Å². The molecule has 0 bridgehead atoms. The van der Waals surface area contributed by atoms with Crippen molar-refractivity contribution in [3.63, 3.8) is 0 Å². The summed E-state index contributed by atoms with van der Waals surface area (Å²) in [5, 5.41) is 10.1. The first-order valence-corrected chi connectivity index (χ1v) is 7.00. The molecule has 2 rings (SSSR count). The zero-order chi connectivity index (χ0) is 13.3. The third kappa shape index (κ3) is 2.85. The number of hydrogen-bond donors (Lipinski definition) is 1. The van der Waals surface area contributed by atoms with Crippen LogP contribution in [-0.4, -0.2) is 11.1 Å². The van der Waals surface area contributed by atoms with Crippen LogP contribution in [0.1, 0.15) is 10.6 Å². The third-order valence-electron chi connectivity index (χ3n) is 1.99. The minimum Gasteiger partial charge on any atom is -0.475 e. The summed E-state index contributed by atoms with van der Waals surface area (Å²) in [6.07, 6.45) is 0. The Labute approximate surface area is 125 Å². The molecule has 0 aliphatic carbocycles. The van der Waals surface area contributed by atoms with Gasteiger partial charge in [0, 0.05) is 11.0 Å². The van der Waals surface area contributed by atoms with E-state index in [2.05, 4.69) is 15.9 Å². The summed E-state index contributed by atoms with van der Waals surface area (Å²) in [5.41, 5.74) is 0. The van der Waals surface area contributed by atoms with Gasteiger partial charge in [0.2, 0.25) is 5.76 Å². The summed E-state index contributed by atoms with van der Waals surface area (Å²) >= 11 is 16.4. The summed E-state index contributed by atoms with van der Waals surface area (Å²) in [6.45, 7) is 0. The molecular formula is C11H5BrCl2O3S. The van der Waals surface area contributed by atoms with E-state index in [1.807, 2.05) is 0 Å². The molecule has 94 valence electrons. The molecule has 0 saturated carbocycles. The second-order valence-corrected chi connectivity index (χ2v) is 5.86. The van der Waals surface area contributed by atoms with Crippen molar-refractivity contribution in [2.45, 2.75) is 9.99 Å². The molecule has 0 amide bonds. The molecule has 1 heterocycles. The van der Waals surface area contributed by atoms with Crippen LogP contribution >= 0.6 is 50.9 Å². The van der Waals surface area contributed by atoms with Crippen molar-refractivity contribution in [1.29, 1.82) is 0 Å². The number of carboxylic acids is 1. The molecule has 0 aliphatic heterocycles. The summed E-state index contributed by atoms with van der Waals surface area (Å²) in [6, 6.07) is 6.59. The summed E-state index contributed by atoms with van der Waals surface area (Å²) in [5.74, 6) is -1.26. The molecule has 0 radical (unpaired) electrons. The maximum atomic E-state index is 10.8. The zero-order valence-electron chi connectivity index (χ0n) is 8.62. The normalized spacial score (nSPS) is 10.6. The number of rotatable bonds is 3. The fraction of sp³-hybridized carbons (Fsp3) is 0. The van der Waals surface area contributed by atoms with Gasteiger partial charge in [-0.3, -0.25) is 0 Å². The van der Waals surface area contributed by atoms with E-state index in [9.17, 15) is 4.79 Å². The number of benzene rings is 1. The molecule has 3 nitrogen and oxygen atoms in total. The second-order valence-electron chi connectivity index (χ2n) is 3.21. The first-order chi connectivity index (χ1) is 8.49. The molecule has 7 heteroatoms. The molecule has 0 spiro atoms. The van der Waals surface area contributed by atoms with Crippen molar-refractivity contribution in [2.75, 3.05) is 0 Å². The molecule has 0 unspecified atom stereocenters. The van der Waals surface area contributed by atoms with E-state index in [1.165, 1.54) is 17.8 Å². The largest absolute Gasteiger partial charge is 0.475 e. The molecule has 0 fully saturated rings. The van der Waals surface area contributed by atoms with E-state index in [-0.39, 0.29) is 5.76 Å². The van der Waals surface area contributed by atoms with Gasteiger partial charge in [-0.1, -0.05) is 29.3 Å². The van der Waals surface area contributed by atoms with Gasteiger partial charge in [0.25, 0.3) is 0 Å². The van der Waals surface area contributed by atoms with E-state index in [1.54, 1.807) is 18.2 Å². The van der Waals surface area contributed by atoms with Crippen LogP contribution in [0.15, 0.2) is 43.1 Å². The van der Waals surface area contributed by atoms with Gasteiger partial charge < -0.3 is 9.52 Å². The maximum absolute atomic E-state index is 10.8. The van der Waals surface area contributed by atoms with Gasteiger partial charge in [0.15, 0.2) is 5.09 Å². The Bertz CT molecular complexity index is 612. The van der Waals surface area contributed by atoms with Gasteiger partial charge in [-0.25, -0.2) is 4.79 Å². The first kappa shape index (κ1) is 13.8. The van der Waals surface area contributed by atoms with Crippen LogP contribution in [0.4, 0.5) is 0 Å². The Morgan fingerprint density at radius 1 is 1.39 bits per heavy atom. The van der Waals surface area contributed by atoms with Crippen LogP contribution in [0.5, 0.6) is 0 Å². The fourth-order valence-electron chi connectivity index (χ4n) is 1.19. The van der Waals surface area contributed by atoms with Crippen molar-refractivity contribution in [2.24, 2.45) is 0 Å². The molecule has 2 aromatic rings. The minimum absolute atomic E-state index is 0.137.